The summed E-state index contributed by atoms with van der Waals surface area (Å²) in [6.07, 6.45) is 2.63. The van der Waals surface area contributed by atoms with Crippen LogP contribution in [0.4, 0.5) is 4.39 Å². The van der Waals surface area contributed by atoms with Crippen LogP contribution >= 0.6 is 0 Å². The lowest BCUT2D eigenvalue weighted by molar-refractivity contribution is 0.110. The molecule has 1 atom stereocenters. The van der Waals surface area contributed by atoms with Crippen molar-refractivity contribution in [2.45, 2.75) is 32.4 Å². The smallest absolute Gasteiger partial charge is 0.123 e. The summed E-state index contributed by atoms with van der Waals surface area (Å²) in [7, 11) is 0. The van der Waals surface area contributed by atoms with Gasteiger partial charge in [0, 0.05) is 19.7 Å². The standard InChI is InChI=1S/C13H18FNO/c1-10-4-5-12(14)7-11(10)8-15-9-13-3-2-6-16-13/h4-5,7,13,15H,2-3,6,8-9H2,1H3. The summed E-state index contributed by atoms with van der Waals surface area (Å²) in [5.74, 6) is -0.167. The predicted molar refractivity (Wildman–Crippen MR) is 61.8 cm³/mol. The van der Waals surface area contributed by atoms with Gasteiger partial charge in [0.15, 0.2) is 0 Å². The number of halogens is 1. The van der Waals surface area contributed by atoms with Gasteiger partial charge >= 0.3 is 0 Å². The molecule has 0 bridgehead atoms. The molecule has 0 aromatic heterocycles. The lowest BCUT2D eigenvalue weighted by Gasteiger charge is -2.12. The Hall–Kier alpha value is -0.930. The molecule has 1 fully saturated rings. The Morgan fingerprint density at radius 1 is 1.50 bits per heavy atom. The van der Waals surface area contributed by atoms with Crippen LogP contribution in [0.2, 0.25) is 0 Å². The molecule has 1 aliphatic rings. The van der Waals surface area contributed by atoms with Crippen LogP contribution in [-0.4, -0.2) is 19.3 Å². The van der Waals surface area contributed by atoms with Gasteiger partial charge in [-0.3, -0.25) is 0 Å². The topological polar surface area (TPSA) is 21.3 Å². The summed E-state index contributed by atoms with van der Waals surface area (Å²) in [6.45, 7) is 4.45. The largest absolute Gasteiger partial charge is 0.377 e. The first-order valence-corrected chi connectivity index (χ1v) is 5.83. The highest BCUT2D eigenvalue weighted by atomic mass is 19.1. The van der Waals surface area contributed by atoms with Gasteiger partial charge in [0.2, 0.25) is 0 Å². The van der Waals surface area contributed by atoms with Crippen LogP contribution in [0.1, 0.15) is 24.0 Å². The minimum Gasteiger partial charge on any atom is -0.377 e. The summed E-state index contributed by atoms with van der Waals surface area (Å²) in [5, 5.41) is 3.32. The highest BCUT2D eigenvalue weighted by Gasteiger charge is 2.14. The van der Waals surface area contributed by atoms with Crippen LogP contribution in [0, 0.1) is 12.7 Å². The number of rotatable bonds is 4. The van der Waals surface area contributed by atoms with E-state index in [9.17, 15) is 4.39 Å². The number of hydrogen-bond donors (Lipinski definition) is 1. The van der Waals surface area contributed by atoms with Crippen molar-refractivity contribution in [1.29, 1.82) is 0 Å². The lowest BCUT2D eigenvalue weighted by Crippen LogP contribution is -2.26. The Bertz CT molecular complexity index is 348. The van der Waals surface area contributed by atoms with Gasteiger partial charge in [-0.25, -0.2) is 4.39 Å². The molecule has 1 heterocycles. The van der Waals surface area contributed by atoms with Crippen LogP contribution in [0.15, 0.2) is 18.2 Å². The molecule has 0 aliphatic carbocycles. The molecule has 1 aromatic carbocycles. The molecule has 2 rings (SSSR count). The van der Waals surface area contributed by atoms with Crippen LogP contribution < -0.4 is 5.32 Å². The van der Waals surface area contributed by atoms with Crippen molar-refractivity contribution >= 4 is 0 Å². The van der Waals surface area contributed by atoms with Crippen molar-refractivity contribution in [2.75, 3.05) is 13.2 Å². The van der Waals surface area contributed by atoms with E-state index >= 15 is 0 Å². The first kappa shape index (κ1) is 11.6. The van der Waals surface area contributed by atoms with Gasteiger partial charge in [0.25, 0.3) is 0 Å². The first-order chi connectivity index (χ1) is 7.75. The summed E-state index contributed by atoms with van der Waals surface area (Å²) in [6, 6.07) is 4.91. The lowest BCUT2D eigenvalue weighted by atomic mass is 10.1. The van der Waals surface area contributed by atoms with Crippen molar-refractivity contribution < 1.29 is 9.13 Å². The van der Waals surface area contributed by atoms with Crippen LogP contribution in [0.3, 0.4) is 0 Å². The average molecular weight is 223 g/mol. The van der Waals surface area contributed by atoms with Crippen molar-refractivity contribution in [3.8, 4) is 0 Å². The highest BCUT2D eigenvalue weighted by Crippen LogP contribution is 2.12. The SMILES string of the molecule is Cc1ccc(F)cc1CNCC1CCCO1. The van der Waals surface area contributed by atoms with Crippen LogP contribution in [0.25, 0.3) is 0 Å². The zero-order valence-electron chi connectivity index (χ0n) is 9.63. The van der Waals surface area contributed by atoms with Crippen LogP contribution in [-0.2, 0) is 11.3 Å². The maximum absolute atomic E-state index is 13.0. The van der Waals surface area contributed by atoms with Crippen LogP contribution in [0.5, 0.6) is 0 Å². The van der Waals surface area contributed by atoms with E-state index in [2.05, 4.69) is 5.32 Å². The number of benzene rings is 1. The van der Waals surface area contributed by atoms with Crippen molar-refractivity contribution in [1.82, 2.24) is 5.32 Å². The molecule has 0 radical (unpaired) electrons. The fourth-order valence-electron chi connectivity index (χ4n) is 2.00. The van der Waals surface area contributed by atoms with Crippen molar-refractivity contribution in [3.05, 3.63) is 35.1 Å². The fraction of sp³-hybridized carbons (Fsp3) is 0.538. The van der Waals surface area contributed by atoms with Crippen molar-refractivity contribution in [3.63, 3.8) is 0 Å². The molecule has 1 aromatic rings. The van der Waals surface area contributed by atoms with E-state index in [0.717, 1.165) is 37.1 Å². The molecule has 1 N–H and O–H groups in total. The molecule has 2 nitrogen and oxygen atoms in total. The second kappa shape index (κ2) is 5.41. The number of ether oxygens (including phenoxy) is 1. The predicted octanol–water partition coefficient (Wildman–Crippen LogP) is 2.40. The van der Waals surface area contributed by atoms with Gasteiger partial charge in [0.05, 0.1) is 6.10 Å². The average Bonchev–Trinajstić information content (AvgIpc) is 2.76. The Kier molecular flexibility index (Phi) is 3.91. The second-order valence-corrected chi connectivity index (χ2v) is 4.34. The summed E-state index contributed by atoms with van der Waals surface area (Å²) < 4.78 is 18.5. The van der Waals surface area contributed by atoms with Gasteiger partial charge in [-0.1, -0.05) is 6.07 Å². The van der Waals surface area contributed by atoms with Gasteiger partial charge in [-0.2, -0.15) is 0 Å². The number of hydrogen-bond acceptors (Lipinski definition) is 2. The molecule has 0 saturated carbocycles. The molecule has 1 aliphatic heterocycles. The van der Waals surface area contributed by atoms with E-state index in [-0.39, 0.29) is 5.82 Å². The number of nitrogens with one attached hydrogen (secondary N) is 1. The van der Waals surface area contributed by atoms with E-state index < -0.39 is 0 Å². The van der Waals surface area contributed by atoms with E-state index in [1.165, 1.54) is 6.07 Å². The molecular formula is C13H18FNO. The molecular weight excluding hydrogens is 205 g/mol. The third kappa shape index (κ3) is 3.03. The van der Waals surface area contributed by atoms with Gasteiger partial charge in [0.1, 0.15) is 5.82 Å². The second-order valence-electron chi connectivity index (χ2n) is 4.34. The Morgan fingerprint density at radius 2 is 2.38 bits per heavy atom. The Labute approximate surface area is 95.8 Å². The van der Waals surface area contributed by atoms with Crippen molar-refractivity contribution in [2.24, 2.45) is 0 Å². The molecule has 3 heteroatoms. The summed E-state index contributed by atoms with van der Waals surface area (Å²) >= 11 is 0. The normalized spacial score (nSPS) is 20.2. The monoisotopic (exact) mass is 223 g/mol. The zero-order chi connectivity index (χ0) is 11.4. The minimum absolute atomic E-state index is 0.167. The Morgan fingerprint density at radius 3 is 3.12 bits per heavy atom. The maximum atomic E-state index is 13.0. The number of aryl methyl sites for hydroxylation is 1. The molecule has 0 spiro atoms. The zero-order valence-corrected chi connectivity index (χ0v) is 9.63. The summed E-state index contributed by atoms with van der Waals surface area (Å²) in [4.78, 5) is 0. The first-order valence-electron chi connectivity index (χ1n) is 5.83. The molecule has 88 valence electrons. The van der Waals surface area contributed by atoms with Gasteiger partial charge in [-0.05, 0) is 43.0 Å². The summed E-state index contributed by atoms with van der Waals surface area (Å²) in [5.41, 5.74) is 2.15. The van der Waals surface area contributed by atoms with E-state index in [0.29, 0.717) is 12.6 Å². The van der Waals surface area contributed by atoms with E-state index in [1.54, 1.807) is 6.07 Å². The van der Waals surface area contributed by atoms with E-state index in [4.69, 9.17) is 4.74 Å². The molecule has 16 heavy (non-hydrogen) atoms. The molecule has 0 amide bonds. The fourth-order valence-corrected chi connectivity index (χ4v) is 2.00. The van der Waals surface area contributed by atoms with Gasteiger partial charge < -0.3 is 10.1 Å². The third-order valence-corrected chi connectivity index (χ3v) is 3.02. The van der Waals surface area contributed by atoms with Gasteiger partial charge in [-0.15, -0.1) is 0 Å². The molecule has 1 unspecified atom stereocenters. The quantitative estimate of drug-likeness (QED) is 0.846. The van der Waals surface area contributed by atoms with E-state index in [1.807, 2.05) is 13.0 Å². The Balaban J connectivity index is 1.82. The molecule has 1 saturated heterocycles. The minimum atomic E-state index is -0.167. The maximum Gasteiger partial charge on any atom is 0.123 e. The highest BCUT2D eigenvalue weighted by molar-refractivity contribution is 5.26. The third-order valence-electron chi connectivity index (χ3n) is 3.02.